The van der Waals surface area contributed by atoms with E-state index in [9.17, 15) is 5.11 Å². The third-order valence-corrected chi connectivity index (χ3v) is 3.02. The molecule has 1 N–H and O–H groups in total. The molecule has 0 saturated carbocycles. The van der Waals surface area contributed by atoms with Gasteiger partial charge in [-0.3, -0.25) is 0 Å². The SMILES string of the molecule is CCCC[C@@H](O)CSC(C)(C)C. The van der Waals surface area contributed by atoms with Crippen LogP contribution in [0.15, 0.2) is 0 Å². The summed E-state index contributed by atoms with van der Waals surface area (Å²) in [5, 5.41) is 9.52. The molecule has 0 rings (SSSR count). The molecular formula is C10H22OS. The van der Waals surface area contributed by atoms with Crippen molar-refractivity contribution in [1.82, 2.24) is 0 Å². The van der Waals surface area contributed by atoms with E-state index in [1.807, 2.05) is 11.8 Å². The van der Waals surface area contributed by atoms with Gasteiger partial charge in [-0.1, -0.05) is 40.5 Å². The Labute approximate surface area is 80.9 Å². The van der Waals surface area contributed by atoms with Crippen molar-refractivity contribution in [1.29, 1.82) is 0 Å². The van der Waals surface area contributed by atoms with E-state index in [1.54, 1.807) is 0 Å². The number of rotatable bonds is 5. The molecule has 0 bridgehead atoms. The van der Waals surface area contributed by atoms with Crippen molar-refractivity contribution in [3.05, 3.63) is 0 Å². The van der Waals surface area contributed by atoms with Crippen molar-refractivity contribution >= 4 is 11.8 Å². The smallest absolute Gasteiger partial charge is 0.0630 e. The summed E-state index contributed by atoms with van der Waals surface area (Å²) in [6, 6.07) is 0. The molecule has 0 amide bonds. The van der Waals surface area contributed by atoms with Crippen molar-refractivity contribution in [2.24, 2.45) is 0 Å². The predicted octanol–water partition coefficient (Wildman–Crippen LogP) is 3.07. The summed E-state index contributed by atoms with van der Waals surface area (Å²) in [7, 11) is 0. The van der Waals surface area contributed by atoms with Crippen LogP contribution >= 0.6 is 11.8 Å². The average molecular weight is 190 g/mol. The van der Waals surface area contributed by atoms with Crippen LogP contribution in [0.25, 0.3) is 0 Å². The van der Waals surface area contributed by atoms with Gasteiger partial charge in [-0.2, -0.15) is 11.8 Å². The zero-order valence-electron chi connectivity index (χ0n) is 8.76. The first-order chi connectivity index (χ1) is 5.45. The number of hydrogen-bond donors (Lipinski definition) is 1. The van der Waals surface area contributed by atoms with Crippen LogP contribution in [0.4, 0.5) is 0 Å². The predicted molar refractivity (Wildman–Crippen MR) is 57.7 cm³/mol. The molecule has 12 heavy (non-hydrogen) atoms. The maximum atomic E-state index is 9.52. The molecule has 74 valence electrons. The summed E-state index contributed by atoms with van der Waals surface area (Å²) < 4.78 is 0.285. The number of thioether (sulfide) groups is 1. The lowest BCUT2D eigenvalue weighted by atomic mass is 10.2. The molecule has 1 nitrogen and oxygen atoms in total. The normalized spacial score (nSPS) is 14.8. The van der Waals surface area contributed by atoms with Crippen molar-refractivity contribution in [3.63, 3.8) is 0 Å². The van der Waals surface area contributed by atoms with Crippen LogP contribution in [0.3, 0.4) is 0 Å². The highest BCUT2D eigenvalue weighted by Crippen LogP contribution is 2.24. The summed E-state index contributed by atoms with van der Waals surface area (Å²) in [6.07, 6.45) is 3.18. The molecule has 0 aliphatic carbocycles. The minimum atomic E-state index is -0.103. The van der Waals surface area contributed by atoms with Crippen molar-refractivity contribution in [3.8, 4) is 0 Å². The summed E-state index contributed by atoms with van der Waals surface area (Å²) >= 11 is 1.84. The van der Waals surface area contributed by atoms with Crippen molar-refractivity contribution in [2.75, 3.05) is 5.75 Å². The van der Waals surface area contributed by atoms with E-state index in [0.29, 0.717) is 0 Å². The largest absolute Gasteiger partial charge is 0.392 e. The zero-order valence-corrected chi connectivity index (χ0v) is 9.58. The van der Waals surface area contributed by atoms with Crippen molar-refractivity contribution < 1.29 is 5.11 Å². The molecule has 0 aromatic carbocycles. The van der Waals surface area contributed by atoms with Gasteiger partial charge in [0.1, 0.15) is 0 Å². The van der Waals surface area contributed by atoms with E-state index < -0.39 is 0 Å². The highest BCUT2D eigenvalue weighted by molar-refractivity contribution is 8.00. The van der Waals surface area contributed by atoms with E-state index in [-0.39, 0.29) is 10.9 Å². The lowest BCUT2D eigenvalue weighted by molar-refractivity contribution is 0.185. The molecule has 0 fully saturated rings. The second-order valence-corrected chi connectivity index (χ2v) is 6.07. The van der Waals surface area contributed by atoms with Gasteiger partial charge < -0.3 is 5.11 Å². The van der Waals surface area contributed by atoms with Gasteiger partial charge >= 0.3 is 0 Å². The minimum absolute atomic E-state index is 0.103. The Morgan fingerprint density at radius 2 is 1.92 bits per heavy atom. The van der Waals surface area contributed by atoms with Crippen LogP contribution in [0, 0.1) is 0 Å². The molecule has 0 aliphatic rings. The highest BCUT2D eigenvalue weighted by Gasteiger charge is 2.13. The lowest BCUT2D eigenvalue weighted by Crippen LogP contribution is -2.16. The molecule has 1 atom stereocenters. The van der Waals surface area contributed by atoms with Crippen LogP contribution < -0.4 is 0 Å². The number of aliphatic hydroxyl groups is 1. The second kappa shape index (κ2) is 5.87. The van der Waals surface area contributed by atoms with Gasteiger partial charge in [-0.05, 0) is 6.42 Å². The van der Waals surface area contributed by atoms with Gasteiger partial charge in [-0.25, -0.2) is 0 Å². The summed E-state index contributed by atoms with van der Waals surface area (Å²) in [6.45, 7) is 8.71. The first-order valence-corrected chi connectivity index (χ1v) is 5.76. The van der Waals surface area contributed by atoms with Gasteiger partial charge in [-0.15, -0.1) is 0 Å². The Morgan fingerprint density at radius 1 is 1.33 bits per heavy atom. The first-order valence-electron chi connectivity index (χ1n) is 4.77. The maximum Gasteiger partial charge on any atom is 0.0630 e. The number of unbranched alkanes of at least 4 members (excludes halogenated alkanes) is 1. The molecule has 2 heteroatoms. The fourth-order valence-electron chi connectivity index (χ4n) is 0.869. The van der Waals surface area contributed by atoms with Crippen LogP contribution in [0.2, 0.25) is 0 Å². The second-order valence-electron chi connectivity index (χ2n) is 4.22. The molecule has 0 radical (unpaired) electrons. The van der Waals surface area contributed by atoms with Gasteiger partial charge in [0.25, 0.3) is 0 Å². The third-order valence-electron chi connectivity index (χ3n) is 1.60. The minimum Gasteiger partial charge on any atom is -0.392 e. The maximum absolute atomic E-state index is 9.52. The molecular weight excluding hydrogens is 168 g/mol. The first kappa shape index (κ1) is 12.3. The Bertz CT molecular complexity index is 107. The zero-order chi connectivity index (χ0) is 9.61. The van der Waals surface area contributed by atoms with Crippen LogP contribution in [0.1, 0.15) is 47.0 Å². The third kappa shape index (κ3) is 8.41. The summed E-state index contributed by atoms with van der Waals surface area (Å²) in [5.74, 6) is 0.878. The topological polar surface area (TPSA) is 20.2 Å². The molecule has 0 heterocycles. The van der Waals surface area contributed by atoms with Crippen LogP contribution in [0.5, 0.6) is 0 Å². The van der Waals surface area contributed by atoms with Gasteiger partial charge in [0.2, 0.25) is 0 Å². The highest BCUT2D eigenvalue weighted by atomic mass is 32.2. The van der Waals surface area contributed by atoms with Gasteiger partial charge in [0.15, 0.2) is 0 Å². The van der Waals surface area contributed by atoms with Gasteiger partial charge in [0, 0.05) is 10.5 Å². The van der Waals surface area contributed by atoms with Crippen LogP contribution in [-0.4, -0.2) is 21.7 Å². The van der Waals surface area contributed by atoms with E-state index in [4.69, 9.17) is 0 Å². The fraction of sp³-hybridized carbons (Fsp3) is 1.00. The monoisotopic (exact) mass is 190 g/mol. The molecule has 0 aliphatic heterocycles. The number of aliphatic hydroxyl groups excluding tert-OH is 1. The molecule has 0 unspecified atom stereocenters. The van der Waals surface area contributed by atoms with E-state index >= 15 is 0 Å². The molecule has 0 saturated heterocycles. The Hall–Kier alpha value is 0.310. The quantitative estimate of drug-likeness (QED) is 0.719. The summed E-state index contributed by atoms with van der Waals surface area (Å²) in [4.78, 5) is 0. The van der Waals surface area contributed by atoms with E-state index in [2.05, 4.69) is 27.7 Å². The van der Waals surface area contributed by atoms with E-state index in [0.717, 1.165) is 18.6 Å². The standard InChI is InChI=1S/C10H22OS/c1-5-6-7-9(11)8-12-10(2,3)4/h9,11H,5-8H2,1-4H3/t9-/m1/s1. The Kier molecular flexibility index (Phi) is 6.02. The Balaban J connectivity index is 3.37. The average Bonchev–Trinajstić information content (AvgIpc) is 1.95. The number of hydrogen-bond acceptors (Lipinski definition) is 2. The summed E-state index contributed by atoms with van der Waals surface area (Å²) in [5.41, 5.74) is 0. The fourth-order valence-corrected chi connectivity index (χ4v) is 1.73. The van der Waals surface area contributed by atoms with Crippen molar-refractivity contribution in [2.45, 2.75) is 57.8 Å². The van der Waals surface area contributed by atoms with Gasteiger partial charge in [0.05, 0.1) is 6.10 Å². The molecule has 0 aromatic heterocycles. The molecule has 0 aromatic rings. The molecule has 0 spiro atoms. The van der Waals surface area contributed by atoms with Crippen LogP contribution in [-0.2, 0) is 0 Å². The van der Waals surface area contributed by atoms with E-state index in [1.165, 1.54) is 6.42 Å². The Morgan fingerprint density at radius 3 is 2.33 bits per heavy atom. The lowest BCUT2D eigenvalue weighted by Gasteiger charge is -2.19.